The SMILES string of the molecule is O=C1COc2ccc(C(=O)COC(=O)/C=C/c3cn(Cc4ccccc4)nc3-c3ccccc3)cc2N1. The van der Waals surface area contributed by atoms with Crippen molar-refractivity contribution in [3.05, 3.63) is 108 Å². The average Bonchev–Trinajstić information content (AvgIpc) is 3.33. The Kier molecular flexibility index (Phi) is 6.89. The van der Waals surface area contributed by atoms with Crippen molar-refractivity contribution in [3.8, 4) is 17.0 Å². The first-order chi connectivity index (χ1) is 18.0. The zero-order valence-corrected chi connectivity index (χ0v) is 19.8. The van der Waals surface area contributed by atoms with Gasteiger partial charge in [0.25, 0.3) is 5.91 Å². The topological polar surface area (TPSA) is 99.5 Å². The number of aromatic nitrogens is 2. The van der Waals surface area contributed by atoms with Crippen molar-refractivity contribution in [1.82, 2.24) is 9.78 Å². The van der Waals surface area contributed by atoms with Gasteiger partial charge < -0.3 is 14.8 Å². The van der Waals surface area contributed by atoms with E-state index in [0.717, 1.165) is 22.4 Å². The molecule has 3 aromatic carbocycles. The van der Waals surface area contributed by atoms with E-state index in [9.17, 15) is 14.4 Å². The fraction of sp³-hybridized carbons (Fsp3) is 0.103. The van der Waals surface area contributed by atoms with Crippen LogP contribution in [-0.2, 0) is 20.9 Å². The van der Waals surface area contributed by atoms with Crippen molar-refractivity contribution in [2.75, 3.05) is 18.5 Å². The molecule has 0 bridgehead atoms. The molecule has 37 heavy (non-hydrogen) atoms. The third-order valence-electron chi connectivity index (χ3n) is 5.70. The minimum absolute atomic E-state index is 0.0681. The van der Waals surface area contributed by atoms with Crippen LogP contribution in [0.5, 0.6) is 5.75 Å². The second kappa shape index (κ2) is 10.7. The smallest absolute Gasteiger partial charge is 0.331 e. The average molecular weight is 494 g/mol. The van der Waals surface area contributed by atoms with Crippen LogP contribution in [0.1, 0.15) is 21.5 Å². The van der Waals surface area contributed by atoms with Gasteiger partial charge in [-0.1, -0.05) is 60.7 Å². The summed E-state index contributed by atoms with van der Waals surface area (Å²) < 4.78 is 12.3. The molecule has 1 N–H and O–H groups in total. The molecule has 8 heteroatoms. The van der Waals surface area contributed by atoms with Crippen LogP contribution in [0.2, 0.25) is 0 Å². The van der Waals surface area contributed by atoms with Gasteiger partial charge in [-0.15, -0.1) is 0 Å². The van der Waals surface area contributed by atoms with Crippen molar-refractivity contribution in [1.29, 1.82) is 0 Å². The largest absolute Gasteiger partial charge is 0.482 e. The van der Waals surface area contributed by atoms with Crippen molar-refractivity contribution in [2.45, 2.75) is 6.54 Å². The highest BCUT2D eigenvalue weighted by atomic mass is 16.5. The lowest BCUT2D eigenvalue weighted by Gasteiger charge is -2.18. The van der Waals surface area contributed by atoms with Gasteiger partial charge in [-0.25, -0.2) is 4.79 Å². The summed E-state index contributed by atoms with van der Waals surface area (Å²) in [6.45, 7) is 0.0801. The first-order valence-corrected chi connectivity index (χ1v) is 11.7. The zero-order chi connectivity index (χ0) is 25.6. The number of benzene rings is 3. The number of hydrogen-bond acceptors (Lipinski definition) is 6. The Balaban J connectivity index is 1.27. The number of carbonyl (C=O) groups is 3. The number of amides is 1. The van der Waals surface area contributed by atoms with E-state index in [1.165, 1.54) is 12.1 Å². The standard InChI is InChI=1S/C29H23N3O5/c33-25(22-11-13-26-24(15-22)30-27(34)19-36-26)18-37-28(35)14-12-23-17-32(16-20-7-3-1-4-8-20)31-29(23)21-9-5-2-6-10-21/h1-15,17H,16,18-19H2,(H,30,34)/b14-12+. The van der Waals surface area contributed by atoms with E-state index in [0.29, 0.717) is 23.5 Å². The van der Waals surface area contributed by atoms with Crippen LogP contribution in [0, 0.1) is 0 Å². The molecule has 5 rings (SSSR count). The number of anilines is 1. The van der Waals surface area contributed by atoms with Crippen LogP contribution in [0.15, 0.2) is 91.1 Å². The predicted molar refractivity (Wildman–Crippen MR) is 138 cm³/mol. The maximum Gasteiger partial charge on any atom is 0.331 e. The Morgan fingerprint density at radius 2 is 1.78 bits per heavy atom. The fourth-order valence-corrected chi connectivity index (χ4v) is 3.91. The van der Waals surface area contributed by atoms with E-state index in [-0.39, 0.29) is 12.5 Å². The predicted octanol–water partition coefficient (Wildman–Crippen LogP) is 4.37. The molecule has 8 nitrogen and oxygen atoms in total. The van der Waals surface area contributed by atoms with Gasteiger partial charge in [0.2, 0.25) is 0 Å². The molecule has 0 saturated heterocycles. The van der Waals surface area contributed by atoms with Crippen molar-refractivity contribution < 1.29 is 23.9 Å². The number of esters is 1. The Bertz CT molecular complexity index is 1480. The van der Waals surface area contributed by atoms with Gasteiger partial charge in [-0.2, -0.15) is 5.10 Å². The maximum atomic E-state index is 12.5. The van der Waals surface area contributed by atoms with Crippen molar-refractivity contribution in [3.63, 3.8) is 0 Å². The van der Waals surface area contributed by atoms with Gasteiger partial charge in [-0.05, 0) is 29.8 Å². The number of ketones is 1. The molecule has 0 aliphatic carbocycles. The lowest BCUT2D eigenvalue weighted by Crippen LogP contribution is -2.25. The van der Waals surface area contributed by atoms with Crippen LogP contribution in [0.4, 0.5) is 5.69 Å². The lowest BCUT2D eigenvalue weighted by atomic mass is 10.1. The third-order valence-corrected chi connectivity index (χ3v) is 5.70. The quantitative estimate of drug-likeness (QED) is 0.222. The number of Topliss-reactive ketones (excluding diaryl/α,β-unsaturated/α-hetero) is 1. The Labute approximate surface area is 213 Å². The number of nitrogens with zero attached hydrogens (tertiary/aromatic N) is 2. The Morgan fingerprint density at radius 1 is 1.03 bits per heavy atom. The molecule has 1 aromatic heterocycles. The van der Waals surface area contributed by atoms with Crippen molar-refractivity contribution in [2.24, 2.45) is 0 Å². The molecular formula is C29H23N3O5. The van der Waals surface area contributed by atoms with Crippen LogP contribution < -0.4 is 10.1 Å². The monoisotopic (exact) mass is 493 g/mol. The van der Waals surface area contributed by atoms with E-state index in [4.69, 9.17) is 14.6 Å². The van der Waals surface area contributed by atoms with E-state index in [2.05, 4.69) is 5.32 Å². The molecule has 0 saturated carbocycles. The number of hydrogen-bond donors (Lipinski definition) is 1. The van der Waals surface area contributed by atoms with Crippen LogP contribution in [0.25, 0.3) is 17.3 Å². The summed E-state index contributed by atoms with van der Waals surface area (Å²) in [6, 6.07) is 24.3. The molecule has 0 spiro atoms. The van der Waals surface area contributed by atoms with Gasteiger partial charge in [-0.3, -0.25) is 14.3 Å². The number of fused-ring (bicyclic) bond motifs is 1. The minimum atomic E-state index is -0.655. The Morgan fingerprint density at radius 3 is 2.57 bits per heavy atom. The molecule has 1 aliphatic rings. The van der Waals surface area contributed by atoms with Crippen LogP contribution >= 0.6 is 0 Å². The first-order valence-electron chi connectivity index (χ1n) is 11.7. The minimum Gasteiger partial charge on any atom is -0.482 e. The maximum absolute atomic E-state index is 12.5. The molecule has 0 unspecified atom stereocenters. The zero-order valence-electron chi connectivity index (χ0n) is 19.8. The molecule has 1 aliphatic heterocycles. The number of nitrogens with one attached hydrogen (secondary N) is 1. The highest BCUT2D eigenvalue weighted by molar-refractivity contribution is 6.02. The van der Waals surface area contributed by atoms with Gasteiger partial charge in [0, 0.05) is 29.0 Å². The lowest BCUT2D eigenvalue weighted by molar-refractivity contribution is -0.136. The molecule has 184 valence electrons. The second-order valence-electron chi connectivity index (χ2n) is 8.39. The normalized spacial score (nSPS) is 12.5. The number of carbonyl (C=O) groups excluding carboxylic acids is 3. The summed E-state index contributed by atoms with van der Waals surface area (Å²) in [7, 11) is 0. The molecule has 4 aromatic rings. The summed E-state index contributed by atoms with van der Waals surface area (Å²) in [5.41, 5.74) is 4.21. The Hall–Kier alpha value is -4.98. The third kappa shape index (κ3) is 5.82. The number of ether oxygens (including phenoxy) is 2. The fourth-order valence-electron chi connectivity index (χ4n) is 3.91. The number of rotatable bonds is 8. The second-order valence-corrected chi connectivity index (χ2v) is 8.39. The highest BCUT2D eigenvalue weighted by Gasteiger charge is 2.18. The summed E-state index contributed by atoms with van der Waals surface area (Å²) in [4.78, 5) is 36.5. The first kappa shape index (κ1) is 23.7. The van der Waals surface area contributed by atoms with Crippen LogP contribution in [0.3, 0.4) is 0 Å². The highest BCUT2D eigenvalue weighted by Crippen LogP contribution is 2.28. The molecule has 0 radical (unpaired) electrons. The van der Waals surface area contributed by atoms with Crippen molar-refractivity contribution >= 4 is 29.4 Å². The molecule has 1 amide bonds. The summed E-state index contributed by atoms with van der Waals surface area (Å²) in [5, 5.41) is 7.38. The van der Waals surface area contributed by atoms with Gasteiger partial charge in [0.1, 0.15) is 5.75 Å². The summed E-state index contributed by atoms with van der Waals surface area (Å²) >= 11 is 0. The van der Waals surface area contributed by atoms with Gasteiger partial charge in [0.05, 0.1) is 17.9 Å². The van der Waals surface area contributed by atoms with E-state index >= 15 is 0 Å². The van der Waals surface area contributed by atoms with Crippen LogP contribution in [-0.4, -0.2) is 40.7 Å². The molecular weight excluding hydrogens is 470 g/mol. The molecule has 0 fully saturated rings. The summed E-state index contributed by atoms with van der Waals surface area (Å²) in [5.74, 6) is -0.864. The van der Waals surface area contributed by atoms with E-state index in [1.54, 1.807) is 18.2 Å². The van der Waals surface area contributed by atoms with Gasteiger partial charge in [0.15, 0.2) is 19.0 Å². The van der Waals surface area contributed by atoms with E-state index in [1.807, 2.05) is 71.5 Å². The summed E-state index contributed by atoms with van der Waals surface area (Å²) in [6.07, 6.45) is 4.79. The van der Waals surface area contributed by atoms with Gasteiger partial charge >= 0.3 is 5.97 Å². The van der Waals surface area contributed by atoms with E-state index < -0.39 is 18.4 Å². The molecule has 2 heterocycles. The molecule has 0 atom stereocenters.